The second kappa shape index (κ2) is 11.4. The van der Waals surface area contributed by atoms with Gasteiger partial charge >= 0.3 is 0 Å². The zero-order valence-electron chi connectivity index (χ0n) is 20.3. The van der Waals surface area contributed by atoms with E-state index in [-0.39, 0.29) is 33.4 Å². The third kappa shape index (κ3) is 6.10. The van der Waals surface area contributed by atoms with Gasteiger partial charge in [0, 0.05) is 17.3 Å². The summed E-state index contributed by atoms with van der Waals surface area (Å²) in [4.78, 5) is 32.0. The number of nitrogens with zero attached hydrogens (tertiary/aromatic N) is 3. The van der Waals surface area contributed by atoms with E-state index in [0.717, 1.165) is 5.84 Å². The third-order valence-corrected chi connectivity index (χ3v) is 5.50. The quantitative estimate of drug-likeness (QED) is 0.275. The minimum absolute atomic E-state index is 0.00249. The first-order valence-corrected chi connectivity index (χ1v) is 11.4. The SMILES string of the molecule is COc1cc(Cl)cc(C(=O)Nc2ccc(Cl)cn2)c1NC(=O)c1ccc(C(N(C)C)=[N+](C)C)cc1F. The molecule has 0 fully saturated rings. The molecule has 3 aromatic rings. The third-order valence-electron chi connectivity index (χ3n) is 5.06. The number of methoxy groups -OCH3 is 1. The van der Waals surface area contributed by atoms with Crippen LogP contribution in [0.25, 0.3) is 0 Å². The van der Waals surface area contributed by atoms with E-state index in [2.05, 4.69) is 15.6 Å². The fraction of sp³-hybridized carbons (Fsp3) is 0.200. The lowest BCUT2D eigenvalue weighted by Gasteiger charge is -2.16. The van der Waals surface area contributed by atoms with Crippen LogP contribution in [0.3, 0.4) is 0 Å². The number of nitrogens with one attached hydrogen (secondary N) is 2. The van der Waals surface area contributed by atoms with Crippen LogP contribution in [0.2, 0.25) is 10.0 Å². The Hall–Kier alpha value is -3.69. The first-order valence-electron chi connectivity index (χ1n) is 10.6. The summed E-state index contributed by atoms with van der Waals surface area (Å²) in [5.74, 6) is -0.998. The molecule has 3 rings (SSSR count). The number of rotatable bonds is 6. The molecule has 36 heavy (non-hydrogen) atoms. The molecule has 0 saturated carbocycles. The number of hydrogen-bond donors (Lipinski definition) is 2. The lowest BCUT2D eigenvalue weighted by molar-refractivity contribution is -0.469. The number of halogens is 3. The number of pyridine rings is 1. The molecular formula is C25H25Cl2FN5O3+. The van der Waals surface area contributed by atoms with E-state index in [1.54, 1.807) is 12.1 Å². The number of carbonyl (C=O) groups is 2. The Labute approximate surface area is 218 Å². The van der Waals surface area contributed by atoms with E-state index in [4.69, 9.17) is 27.9 Å². The van der Waals surface area contributed by atoms with E-state index in [1.165, 1.54) is 43.6 Å². The fourth-order valence-corrected chi connectivity index (χ4v) is 3.94. The highest BCUT2D eigenvalue weighted by Crippen LogP contribution is 2.33. The number of aromatic nitrogens is 1. The van der Waals surface area contributed by atoms with E-state index >= 15 is 4.39 Å². The largest absolute Gasteiger partial charge is 0.494 e. The maximum absolute atomic E-state index is 15.1. The molecule has 11 heteroatoms. The summed E-state index contributed by atoms with van der Waals surface area (Å²) >= 11 is 12.0. The molecule has 0 bridgehead atoms. The van der Waals surface area contributed by atoms with E-state index in [1.807, 2.05) is 37.7 Å². The molecule has 8 nitrogen and oxygen atoms in total. The molecule has 0 saturated heterocycles. The average Bonchev–Trinajstić information content (AvgIpc) is 2.80. The summed E-state index contributed by atoms with van der Waals surface area (Å²) in [5.41, 5.74) is 0.407. The van der Waals surface area contributed by atoms with Gasteiger partial charge in [0.05, 0.1) is 62.7 Å². The Kier molecular flexibility index (Phi) is 8.49. The van der Waals surface area contributed by atoms with Crippen molar-refractivity contribution < 1.29 is 23.3 Å². The molecule has 1 heterocycles. The molecule has 1 aromatic heterocycles. The Balaban J connectivity index is 1.96. The minimum atomic E-state index is -0.769. The van der Waals surface area contributed by atoms with Crippen LogP contribution >= 0.6 is 23.2 Å². The van der Waals surface area contributed by atoms with Crippen LogP contribution < -0.4 is 15.4 Å². The number of amides is 2. The summed E-state index contributed by atoms with van der Waals surface area (Å²) in [6, 6.07) is 10.2. The number of anilines is 2. The van der Waals surface area contributed by atoms with E-state index < -0.39 is 17.6 Å². The van der Waals surface area contributed by atoms with Crippen LogP contribution in [0.4, 0.5) is 15.9 Å². The van der Waals surface area contributed by atoms with Crippen molar-refractivity contribution in [2.45, 2.75) is 0 Å². The van der Waals surface area contributed by atoms with E-state index in [0.29, 0.717) is 10.6 Å². The smallest absolute Gasteiger partial charge is 0.278 e. The maximum atomic E-state index is 15.1. The van der Waals surface area contributed by atoms with Crippen molar-refractivity contribution in [2.75, 3.05) is 45.9 Å². The molecule has 2 amide bonds. The molecule has 2 aromatic carbocycles. The van der Waals surface area contributed by atoms with Crippen LogP contribution in [0.1, 0.15) is 26.3 Å². The van der Waals surface area contributed by atoms with Crippen molar-refractivity contribution in [3.05, 3.63) is 81.2 Å². The molecule has 0 radical (unpaired) electrons. The van der Waals surface area contributed by atoms with Crippen LogP contribution in [0.15, 0.2) is 48.7 Å². The normalized spacial score (nSPS) is 10.4. The van der Waals surface area contributed by atoms with Gasteiger partial charge in [0.15, 0.2) is 0 Å². The first kappa shape index (κ1) is 26.9. The topological polar surface area (TPSA) is 86.6 Å². The molecule has 0 spiro atoms. The summed E-state index contributed by atoms with van der Waals surface area (Å²) in [6.45, 7) is 0. The van der Waals surface area contributed by atoms with Gasteiger partial charge in [-0.3, -0.25) is 19.1 Å². The summed E-state index contributed by atoms with van der Waals surface area (Å²) in [6.07, 6.45) is 1.38. The lowest BCUT2D eigenvalue weighted by Crippen LogP contribution is -2.30. The zero-order chi connectivity index (χ0) is 26.6. The number of carbonyl (C=O) groups excluding carboxylic acids is 2. The van der Waals surface area contributed by atoms with Crippen molar-refractivity contribution in [1.29, 1.82) is 0 Å². The van der Waals surface area contributed by atoms with Gasteiger partial charge in [-0.1, -0.05) is 23.2 Å². The Bertz CT molecular complexity index is 1340. The second-order valence-corrected chi connectivity index (χ2v) is 8.98. The van der Waals surface area contributed by atoms with Gasteiger partial charge in [-0.15, -0.1) is 0 Å². The van der Waals surface area contributed by atoms with Crippen LogP contribution in [-0.4, -0.2) is 67.4 Å². The first-order chi connectivity index (χ1) is 17.0. The summed E-state index contributed by atoms with van der Waals surface area (Å²) < 4.78 is 22.2. The highest BCUT2D eigenvalue weighted by molar-refractivity contribution is 6.32. The van der Waals surface area contributed by atoms with Crippen LogP contribution in [-0.2, 0) is 0 Å². The molecule has 188 valence electrons. The number of benzene rings is 2. The Morgan fingerprint density at radius 3 is 2.22 bits per heavy atom. The van der Waals surface area contributed by atoms with Crippen molar-refractivity contribution in [3.63, 3.8) is 0 Å². The average molecular weight is 533 g/mol. The van der Waals surface area contributed by atoms with Crippen molar-refractivity contribution in [1.82, 2.24) is 9.88 Å². The van der Waals surface area contributed by atoms with Gasteiger partial charge in [0.2, 0.25) is 0 Å². The maximum Gasteiger partial charge on any atom is 0.278 e. The molecule has 2 N–H and O–H groups in total. The molecule has 0 aliphatic rings. The van der Waals surface area contributed by atoms with E-state index in [9.17, 15) is 9.59 Å². The van der Waals surface area contributed by atoms with Crippen LogP contribution in [0.5, 0.6) is 5.75 Å². The lowest BCUT2D eigenvalue weighted by atomic mass is 10.1. The minimum Gasteiger partial charge on any atom is -0.494 e. The molecule has 0 unspecified atom stereocenters. The standard InChI is InChI=1S/C25H24Cl2FN5O3/c1-32(2)25(33(3)4)14-6-8-17(19(28)10-14)23(34)31-22-18(11-16(27)12-20(22)36-5)24(35)30-21-9-7-15(26)13-29-21/h6-13H,1-5H3,(H-,29,30,31,34,35)/p+1. The van der Waals surface area contributed by atoms with Crippen LogP contribution in [0, 0.1) is 5.82 Å². The summed E-state index contributed by atoms with van der Waals surface area (Å²) in [5, 5.41) is 5.80. The molecule has 0 atom stereocenters. The van der Waals surface area contributed by atoms with Crippen molar-refractivity contribution in [2.24, 2.45) is 0 Å². The predicted molar refractivity (Wildman–Crippen MR) is 139 cm³/mol. The van der Waals surface area contributed by atoms with Gasteiger partial charge in [-0.2, -0.15) is 0 Å². The van der Waals surface area contributed by atoms with Crippen molar-refractivity contribution >= 4 is 52.4 Å². The molecular weight excluding hydrogens is 508 g/mol. The fourth-order valence-electron chi connectivity index (χ4n) is 3.62. The zero-order valence-corrected chi connectivity index (χ0v) is 21.8. The van der Waals surface area contributed by atoms with Gasteiger partial charge in [0.1, 0.15) is 17.4 Å². The Morgan fingerprint density at radius 1 is 0.972 bits per heavy atom. The second-order valence-electron chi connectivity index (χ2n) is 8.11. The molecule has 0 aliphatic carbocycles. The monoisotopic (exact) mass is 532 g/mol. The molecule has 0 aliphatic heterocycles. The Morgan fingerprint density at radius 2 is 1.67 bits per heavy atom. The number of amidine groups is 1. The van der Waals surface area contributed by atoms with Gasteiger partial charge in [-0.25, -0.2) is 9.37 Å². The van der Waals surface area contributed by atoms with Gasteiger partial charge in [-0.05, 0) is 36.4 Å². The highest BCUT2D eigenvalue weighted by Gasteiger charge is 2.23. The van der Waals surface area contributed by atoms with Gasteiger partial charge in [0.25, 0.3) is 17.6 Å². The number of hydrogen-bond acceptors (Lipinski definition) is 4. The van der Waals surface area contributed by atoms with Crippen molar-refractivity contribution in [3.8, 4) is 5.75 Å². The predicted octanol–water partition coefficient (Wildman–Crippen LogP) is 4.62. The number of ether oxygens (including phenoxy) is 1. The summed E-state index contributed by atoms with van der Waals surface area (Å²) in [7, 11) is 8.72. The highest BCUT2D eigenvalue weighted by atomic mass is 35.5. The van der Waals surface area contributed by atoms with Gasteiger partial charge < -0.3 is 15.4 Å².